The van der Waals surface area contributed by atoms with E-state index in [1.165, 1.54) is 0 Å². The fourth-order valence-corrected chi connectivity index (χ4v) is 2.02. The van der Waals surface area contributed by atoms with Crippen LogP contribution in [0.25, 0.3) is 0 Å². The van der Waals surface area contributed by atoms with Crippen molar-refractivity contribution in [2.24, 2.45) is 0 Å². The summed E-state index contributed by atoms with van der Waals surface area (Å²) < 4.78 is 5.47. The maximum absolute atomic E-state index is 11.9. The van der Waals surface area contributed by atoms with Crippen LogP contribution in [0.5, 0.6) is 0 Å². The van der Waals surface area contributed by atoms with Crippen molar-refractivity contribution in [2.45, 2.75) is 18.9 Å². The van der Waals surface area contributed by atoms with Crippen LogP contribution < -0.4 is 10.2 Å². The van der Waals surface area contributed by atoms with Crippen LogP contribution in [0, 0.1) is 0 Å². The van der Waals surface area contributed by atoms with Crippen LogP contribution in [-0.4, -0.2) is 39.3 Å². The number of hydrogen-bond acceptors (Lipinski definition) is 3. The van der Waals surface area contributed by atoms with Crippen molar-refractivity contribution >= 4 is 11.6 Å². The number of carbonyl (C=O) groups excluding carboxylic acids is 1. The van der Waals surface area contributed by atoms with Gasteiger partial charge in [0.25, 0.3) is 5.91 Å². The highest BCUT2D eigenvalue weighted by Crippen LogP contribution is 2.13. The van der Waals surface area contributed by atoms with E-state index in [4.69, 9.17) is 4.74 Å². The third-order valence-corrected chi connectivity index (χ3v) is 3.16. The van der Waals surface area contributed by atoms with Crippen molar-refractivity contribution in [3.63, 3.8) is 0 Å². The molecule has 4 heteroatoms. The molecular formula is C14H20N2O2. The summed E-state index contributed by atoms with van der Waals surface area (Å²) in [6.45, 7) is 1.42. The molecule has 0 spiro atoms. The van der Waals surface area contributed by atoms with Gasteiger partial charge in [0.1, 0.15) is 0 Å². The summed E-state index contributed by atoms with van der Waals surface area (Å²) in [5.41, 5.74) is 1.78. The summed E-state index contributed by atoms with van der Waals surface area (Å²) in [5.74, 6) is -0.0317. The average Bonchev–Trinajstić information content (AvgIpc) is 2.89. The number of hydrogen-bond donors (Lipinski definition) is 1. The number of rotatable bonds is 4. The lowest BCUT2D eigenvalue weighted by atomic mass is 10.2. The molecule has 0 aliphatic carbocycles. The van der Waals surface area contributed by atoms with Crippen LogP contribution in [-0.2, 0) is 4.74 Å². The lowest BCUT2D eigenvalue weighted by Crippen LogP contribution is -2.31. The van der Waals surface area contributed by atoms with Crippen molar-refractivity contribution in [3.8, 4) is 0 Å². The summed E-state index contributed by atoms with van der Waals surface area (Å²) in [6.07, 6.45) is 2.33. The molecule has 1 heterocycles. The van der Waals surface area contributed by atoms with E-state index in [9.17, 15) is 4.79 Å². The molecule has 18 heavy (non-hydrogen) atoms. The number of nitrogens with one attached hydrogen (secondary N) is 1. The molecule has 0 saturated carbocycles. The van der Waals surface area contributed by atoms with Gasteiger partial charge in [-0.2, -0.15) is 0 Å². The molecule has 0 unspecified atom stereocenters. The molecule has 0 bridgehead atoms. The van der Waals surface area contributed by atoms with E-state index in [2.05, 4.69) is 5.32 Å². The minimum absolute atomic E-state index is 0.0317. The van der Waals surface area contributed by atoms with Crippen LogP contribution in [0.1, 0.15) is 23.2 Å². The Hall–Kier alpha value is -1.55. The highest BCUT2D eigenvalue weighted by Gasteiger charge is 2.16. The number of benzene rings is 1. The smallest absolute Gasteiger partial charge is 0.251 e. The number of carbonyl (C=O) groups is 1. The summed E-state index contributed by atoms with van der Waals surface area (Å²) in [5, 5.41) is 2.91. The monoisotopic (exact) mass is 248 g/mol. The lowest BCUT2D eigenvalue weighted by molar-refractivity contribution is 0.0858. The Morgan fingerprint density at radius 2 is 2.11 bits per heavy atom. The quantitative estimate of drug-likeness (QED) is 0.881. The second-order valence-corrected chi connectivity index (χ2v) is 4.79. The van der Waals surface area contributed by atoms with Crippen LogP contribution in [0.2, 0.25) is 0 Å². The molecule has 1 amide bonds. The molecule has 4 nitrogen and oxygen atoms in total. The molecule has 1 aromatic rings. The molecule has 1 N–H and O–H groups in total. The zero-order chi connectivity index (χ0) is 13.0. The molecule has 1 aliphatic heterocycles. The van der Waals surface area contributed by atoms with Gasteiger partial charge in [0.05, 0.1) is 6.10 Å². The predicted molar refractivity (Wildman–Crippen MR) is 72.1 cm³/mol. The second-order valence-electron chi connectivity index (χ2n) is 4.79. The largest absolute Gasteiger partial charge is 0.378 e. The van der Waals surface area contributed by atoms with E-state index in [0.717, 1.165) is 25.1 Å². The zero-order valence-electron chi connectivity index (χ0n) is 11.0. The van der Waals surface area contributed by atoms with E-state index in [-0.39, 0.29) is 12.0 Å². The maximum Gasteiger partial charge on any atom is 0.251 e. The topological polar surface area (TPSA) is 41.6 Å². The van der Waals surface area contributed by atoms with E-state index >= 15 is 0 Å². The molecule has 0 aromatic heterocycles. The summed E-state index contributed by atoms with van der Waals surface area (Å²) in [7, 11) is 3.96. The van der Waals surface area contributed by atoms with Gasteiger partial charge < -0.3 is 15.0 Å². The molecule has 1 atom stereocenters. The Kier molecular flexibility index (Phi) is 4.20. The first kappa shape index (κ1) is 12.9. The Balaban J connectivity index is 1.87. The molecule has 1 aromatic carbocycles. The molecule has 0 radical (unpaired) electrons. The van der Waals surface area contributed by atoms with Crippen molar-refractivity contribution in [1.82, 2.24) is 5.32 Å². The summed E-state index contributed by atoms with van der Waals surface area (Å²) in [4.78, 5) is 13.9. The highest BCUT2D eigenvalue weighted by atomic mass is 16.5. The third-order valence-electron chi connectivity index (χ3n) is 3.16. The van der Waals surface area contributed by atoms with E-state index in [1.54, 1.807) is 0 Å². The Labute approximate surface area is 108 Å². The van der Waals surface area contributed by atoms with Crippen LogP contribution in [0.4, 0.5) is 5.69 Å². The van der Waals surface area contributed by atoms with Crippen molar-refractivity contribution < 1.29 is 9.53 Å². The fourth-order valence-electron chi connectivity index (χ4n) is 2.02. The van der Waals surface area contributed by atoms with Gasteiger partial charge in [-0.1, -0.05) is 0 Å². The number of anilines is 1. The predicted octanol–water partition coefficient (Wildman–Crippen LogP) is 1.66. The molecule has 98 valence electrons. The van der Waals surface area contributed by atoms with Gasteiger partial charge in [-0.15, -0.1) is 0 Å². The fraction of sp³-hybridized carbons (Fsp3) is 0.500. The van der Waals surface area contributed by atoms with Crippen LogP contribution in [0.15, 0.2) is 24.3 Å². The van der Waals surface area contributed by atoms with Gasteiger partial charge >= 0.3 is 0 Å². The number of ether oxygens (including phenoxy) is 1. The third kappa shape index (κ3) is 3.23. The lowest BCUT2D eigenvalue weighted by Gasteiger charge is -2.13. The van der Waals surface area contributed by atoms with Gasteiger partial charge in [0.2, 0.25) is 0 Å². The summed E-state index contributed by atoms with van der Waals surface area (Å²) in [6, 6.07) is 7.59. The normalized spacial score (nSPS) is 18.7. The SMILES string of the molecule is CN(C)c1ccc(C(=O)NC[C@@H]2CCCO2)cc1. The van der Waals surface area contributed by atoms with E-state index in [0.29, 0.717) is 12.1 Å². The van der Waals surface area contributed by atoms with Gasteiger partial charge in [-0.05, 0) is 37.1 Å². The van der Waals surface area contributed by atoms with Crippen molar-refractivity contribution in [3.05, 3.63) is 29.8 Å². The highest BCUT2D eigenvalue weighted by molar-refractivity contribution is 5.94. The minimum Gasteiger partial charge on any atom is -0.378 e. The Morgan fingerprint density at radius 3 is 2.67 bits per heavy atom. The number of amides is 1. The average molecular weight is 248 g/mol. The van der Waals surface area contributed by atoms with Crippen molar-refractivity contribution in [1.29, 1.82) is 0 Å². The molecular weight excluding hydrogens is 228 g/mol. The summed E-state index contributed by atoms with van der Waals surface area (Å²) >= 11 is 0. The van der Waals surface area contributed by atoms with E-state index in [1.807, 2.05) is 43.3 Å². The zero-order valence-corrected chi connectivity index (χ0v) is 11.0. The maximum atomic E-state index is 11.9. The Bertz CT molecular complexity index is 395. The Morgan fingerprint density at radius 1 is 1.39 bits per heavy atom. The van der Waals surface area contributed by atoms with E-state index < -0.39 is 0 Å². The standard InChI is InChI=1S/C14H20N2O2/c1-16(2)12-7-5-11(6-8-12)14(17)15-10-13-4-3-9-18-13/h5-8,13H,3-4,9-10H2,1-2H3,(H,15,17)/t13-/m0/s1. The van der Waals surface area contributed by atoms with Crippen molar-refractivity contribution in [2.75, 3.05) is 32.1 Å². The molecule has 1 saturated heterocycles. The van der Waals surface area contributed by atoms with Gasteiger partial charge in [-0.3, -0.25) is 4.79 Å². The van der Waals surface area contributed by atoms with Crippen LogP contribution in [0.3, 0.4) is 0 Å². The molecule has 1 aliphatic rings. The van der Waals surface area contributed by atoms with Gasteiger partial charge in [-0.25, -0.2) is 0 Å². The molecule has 2 rings (SSSR count). The van der Waals surface area contributed by atoms with Gasteiger partial charge in [0, 0.05) is 38.5 Å². The van der Waals surface area contributed by atoms with Crippen LogP contribution >= 0.6 is 0 Å². The first-order valence-electron chi connectivity index (χ1n) is 6.34. The number of nitrogens with zero attached hydrogens (tertiary/aromatic N) is 1. The van der Waals surface area contributed by atoms with Gasteiger partial charge in [0.15, 0.2) is 0 Å². The minimum atomic E-state index is -0.0317. The molecule has 1 fully saturated rings. The first-order chi connectivity index (χ1) is 8.66. The first-order valence-corrected chi connectivity index (χ1v) is 6.34. The second kappa shape index (κ2) is 5.87.